The van der Waals surface area contributed by atoms with Crippen LogP contribution in [0.5, 0.6) is 0 Å². The maximum atomic E-state index is 12.3. The largest absolute Gasteiger partial charge is 0.360 e. The van der Waals surface area contributed by atoms with Crippen molar-refractivity contribution < 1.29 is 14.5 Å². The van der Waals surface area contributed by atoms with Crippen LogP contribution in [0.15, 0.2) is 18.2 Å². The number of hydrogen-bond donors (Lipinski definition) is 0. The summed E-state index contributed by atoms with van der Waals surface area (Å²) < 4.78 is 5.13. The van der Waals surface area contributed by atoms with Crippen LogP contribution in [-0.4, -0.2) is 41.5 Å². The number of rotatable bonds is 2. The summed E-state index contributed by atoms with van der Waals surface area (Å²) in [6, 6.07) is 5.72. The number of nitro groups is 1. The number of ether oxygens (including phenoxy) is 1. The molecule has 0 radical (unpaired) electrons. The molecule has 1 aliphatic heterocycles. The highest BCUT2D eigenvalue weighted by Gasteiger charge is 2.29. The zero-order valence-corrected chi connectivity index (χ0v) is 11.0. The lowest BCUT2D eigenvalue weighted by molar-refractivity contribution is -0.385. The van der Waals surface area contributed by atoms with Crippen LogP contribution in [0, 0.1) is 21.4 Å². The molecule has 1 atom stereocenters. The molecular formula is C12H10ClN3O4. The average Bonchev–Trinajstić information content (AvgIpc) is 2.46. The fourth-order valence-corrected chi connectivity index (χ4v) is 2.09. The first-order valence-corrected chi connectivity index (χ1v) is 6.15. The molecule has 0 N–H and O–H groups in total. The lowest BCUT2D eigenvalue weighted by atomic mass is 10.1. The van der Waals surface area contributed by atoms with Crippen LogP contribution in [0.4, 0.5) is 5.69 Å². The van der Waals surface area contributed by atoms with Gasteiger partial charge in [0, 0.05) is 17.6 Å². The molecule has 1 aromatic rings. The second kappa shape index (κ2) is 5.86. The van der Waals surface area contributed by atoms with E-state index < -0.39 is 16.9 Å². The third-order valence-corrected chi connectivity index (χ3v) is 3.12. The fraction of sp³-hybridized carbons (Fsp3) is 0.333. The van der Waals surface area contributed by atoms with Crippen molar-refractivity contribution in [3.63, 3.8) is 0 Å². The molecule has 1 aliphatic rings. The fourth-order valence-electron chi connectivity index (χ4n) is 1.92. The SMILES string of the molecule is N#CC1CN(C(=O)c2cc(Cl)ccc2[N+](=O)[O-])CCO1. The topological polar surface area (TPSA) is 96.5 Å². The van der Waals surface area contributed by atoms with Gasteiger partial charge in [-0.25, -0.2) is 0 Å². The van der Waals surface area contributed by atoms with Crippen LogP contribution >= 0.6 is 11.6 Å². The van der Waals surface area contributed by atoms with Crippen molar-refractivity contribution in [2.75, 3.05) is 19.7 Å². The monoisotopic (exact) mass is 295 g/mol. The molecule has 2 rings (SSSR count). The van der Waals surface area contributed by atoms with E-state index in [9.17, 15) is 14.9 Å². The van der Waals surface area contributed by atoms with E-state index >= 15 is 0 Å². The number of nitro benzene ring substituents is 1. The summed E-state index contributed by atoms with van der Waals surface area (Å²) in [5, 5.41) is 20.0. The number of carbonyl (C=O) groups is 1. The van der Waals surface area contributed by atoms with Crippen LogP contribution in [-0.2, 0) is 4.74 Å². The summed E-state index contributed by atoms with van der Waals surface area (Å²) >= 11 is 5.79. The molecule has 1 amide bonds. The predicted octanol–water partition coefficient (Wildman–Crippen LogP) is 1.61. The van der Waals surface area contributed by atoms with Crippen LogP contribution in [0.25, 0.3) is 0 Å². The van der Waals surface area contributed by atoms with Crippen molar-refractivity contribution in [3.05, 3.63) is 38.9 Å². The van der Waals surface area contributed by atoms with Gasteiger partial charge in [-0.3, -0.25) is 14.9 Å². The third kappa shape index (κ3) is 2.87. The first-order chi connectivity index (χ1) is 9.52. The van der Waals surface area contributed by atoms with Gasteiger partial charge in [-0.15, -0.1) is 0 Å². The second-order valence-electron chi connectivity index (χ2n) is 4.16. The van der Waals surface area contributed by atoms with Crippen molar-refractivity contribution in [2.45, 2.75) is 6.10 Å². The molecule has 8 heteroatoms. The first kappa shape index (κ1) is 14.2. The van der Waals surface area contributed by atoms with Crippen molar-refractivity contribution in [3.8, 4) is 6.07 Å². The Bertz CT molecular complexity index is 599. The smallest absolute Gasteiger partial charge is 0.282 e. The molecule has 0 spiro atoms. The zero-order valence-electron chi connectivity index (χ0n) is 10.3. The molecule has 1 heterocycles. The maximum Gasteiger partial charge on any atom is 0.282 e. The van der Waals surface area contributed by atoms with Gasteiger partial charge in [-0.2, -0.15) is 5.26 Å². The van der Waals surface area contributed by atoms with Crippen LogP contribution in [0.3, 0.4) is 0 Å². The Balaban J connectivity index is 2.31. The van der Waals surface area contributed by atoms with Gasteiger partial charge in [0.25, 0.3) is 11.6 Å². The third-order valence-electron chi connectivity index (χ3n) is 2.88. The Labute approximate surface area is 119 Å². The van der Waals surface area contributed by atoms with Crippen molar-refractivity contribution >= 4 is 23.2 Å². The van der Waals surface area contributed by atoms with E-state index in [0.29, 0.717) is 0 Å². The number of carbonyl (C=O) groups excluding carboxylic acids is 1. The lowest BCUT2D eigenvalue weighted by Crippen LogP contribution is -2.45. The van der Waals surface area contributed by atoms with Gasteiger partial charge in [-0.05, 0) is 12.1 Å². The average molecular weight is 296 g/mol. The maximum absolute atomic E-state index is 12.3. The molecule has 7 nitrogen and oxygen atoms in total. The lowest BCUT2D eigenvalue weighted by Gasteiger charge is -2.29. The van der Waals surface area contributed by atoms with Crippen LogP contribution in [0.1, 0.15) is 10.4 Å². The van der Waals surface area contributed by atoms with E-state index in [1.807, 2.05) is 6.07 Å². The molecule has 104 valence electrons. The summed E-state index contributed by atoms with van der Waals surface area (Å²) in [5.74, 6) is -0.525. The quantitative estimate of drug-likeness (QED) is 0.610. The summed E-state index contributed by atoms with van der Waals surface area (Å²) in [7, 11) is 0. The summed E-state index contributed by atoms with van der Waals surface area (Å²) in [6.07, 6.45) is -0.717. The van der Waals surface area contributed by atoms with E-state index in [0.717, 1.165) is 0 Å². The van der Waals surface area contributed by atoms with E-state index in [4.69, 9.17) is 21.6 Å². The number of nitriles is 1. The van der Waals surface area contributed by atoms with Gasteiger partial charge in [0.1, 0.15) is 5.56 Å². The Morgan fingerprint density at radius 1 is 1.60 bits per heavy atom. The molecule has 0 bridgehead atoms. The Morgan fingerprint density at radius 3 is 3.00 bits per heavy atom. The highest BCUT2D eigenvalue weighted by molar-refractivity contribution is 6.31. The molecule has 0 aliphatic carbocycles. The molecule has 0 saturated carbocycles. The van der Waals surface area contributed by atoms with Crippen molar-refractivity contribution in [1.29, 1.82) is 5.26 Å². The van der Waals surface area contributed by atoms with Crippen LogP contribution in [0.2, 0.25) is 5.02 Å². The van der Waals surface area contributed by atoms with Gasteiger partial charge >= 0.3 is 0 Å². The number of benzene rings is 1. The number of amides is 1. The van der Waals surface area contributed by atoms with Gasteiger partial charge < -0.3 is 9.64 Å². The van der Waals surface area contributed by atoms with E-state index in [1.165, 1.54) is 23.1 Å². The normalized spacial score (nSPS) is 18.4. The number of hydrogen-bond acceptors (Lipinski definition) is 5. The zero-order chi connectivity index (χ0) is 14.7. The Morgan fingerprint density at radius 2 is 2.35 bits per heavy atom. The van der Waals surface area contributed by atoms with Gasteiger partial charge in [0.05, 0.1) is 24.1 Å². The summed E-state index contributed by atoms with van der Waals surface area (Å²) in [5.41, 5.74) is -0.388. The van der Waals surface area contributed by atoms with Gasteiger partial charge in [0.2, 0.25) is 0 Å². The number of morpholine rings is 1. The standard InChI is InChI=1S/C12H10ClN3O4/c13-8-1-2-11(16(18)19)10(5-8)12(17)15-3-4-20-9(6-14)7-15/h1-2,5,9H,3-4,7H2. The van der Waals surface area contributed by atoms with Crippen LogP contribution < -0.4 is 0 Å². The highest BCUT2D eigenvalue weighted by atomic mass is 35.5. The van der Waals surface area contributed by atoms with Gasteiger partial charge in [0.15, 0.2) is 6.10 Å². The molecule has 1 fully saturated rings. The molecule has 20 heavy (non-hydrogen) atoms. The minimum atomic E-state index is -0.717. The first-order valence-electron chi connectivity index (χ1n) is 5.77. The van der Waals surface area contributed by atoms with E-state index in [2.05, 4.69) is 0 Å². The second-order valence-corrected chi connectivity index (χ2v) is 4.59. The molecular weight excluding hydrogens is 286 g/mol. The Kier molecular flexibility index (Phi) is 4.17. The van der Waals surface area contributed by atoms with E-state index in [-0.39, 0.29) is 36.0 Å². The van der Waals surface area contributed by atoms with Crippen molar-refractivity contribution in [1.82, 2.24) is 4.90 Å². The summed E-state index contributed by atoms with van der Waals surface area (Å²) in [4.78, 5) is 24.0. The Hall–Kier alpha value is -2.17. The van der Waals surface area contributed by atoms with E-state index in [1.54, 1.807) is 0 Å². The molecule has 1 aromatic carbocycles. The number of nitrogens with zero attached hydrogens (tertiary/aromatic N) is 3. The minimum Gasteiger partial charge on any atom is -0.360 e. The molecule has 1 unspecified atom stereocenters. The highest BCUT2D eigenvalue weighted by Crippen LogP contribution is 2.24. The van der Waals surface area contributed by atoms with Crippen molar-refractivity contribution in [2.24, 2.45) is 0 Å². The minimum absolute atomic E-state index is 0.0823. The number of halogens is 1. The van der Waals surface area contributed by atoms with Gasteiger partial charge in [-0.1, -0.05) is 11.6 Å². The molecule has 1 saturated heterocycles. The summed E-state index contributed by atoms with van der Waals surface area (Å²) in [6.45, 7) is 0.581. The molecule has 0 aromatic heterocycles. The predicted molar refractivity (Wildman–Crippen MR) is 69.4 cm³/mol.